The van der Waals surface area contributed by atoms with Gasteiger partial charge in [0.25, 0.3) is 0 Å². The maximum Gasteiger partial charge on any atom is 0.137 e. The predicted molar refractivity (Wildman–Crippen MR) is 89.3 cm³/mol. The molecule has 6 heteroatoms. The summed E-state index contributed by atoms with van der Waals surface area (Å²) in [6, 6.07) is 6.22. The van der Waals surface area contributed by atoms with Crippen molar-refractivity contribution in [1.29, 1.82) is 0 Å². The lowest BCUT2D eigenvalue weighted by Gasteiger charge is -2.18. The van der Waals surface area contributed by atoms with Crippen molar-refractivity contribution in [2.75, 3.05) is 6.54 Å². The second-order valence-corrected chi connectivity index (χ2v) is 7.49. The number of rotatable bonds is 4. The molecule has 110 valence electrons. The summed E-state index contributed by atoms with van der Waals surface area (Å²) in [5, 5.41) is 5.28. The van der Waals surface area contributed by atoms with Gasteiger partial charge in [0, 0.05) is 19.8 Å². The number of fused-ring (bicyclic) bond motifs is 1. The third-order valence-corrected chi connectivity index (χ3v) is 5.97. The first-order valence-corrected chi connectivity index (χ1v) is 8.93. The highest BCUT2D eigenvalue weighted by molar-refractivity contribution is 9.10. The van der Waals surface area contributed by atoms with Crippen LogP contribution in [-0.2, 0) is 0 Å². The Balaban J connectivity index is 2.09. The van der Waals surface area contributed by atoms with Gasteiger partial charge in [0.1, 0.15) is 11.6 Å². The van der Waals surface area contributed by atoms with E-state index in [4.69, 9.17) is 0 Å². The summed E-state index contributed by atoms with van der Waals surface area (Å²) >= 11 is 6.28. The third-order valence-electron chi connectivity index (χ3n) is 3.20. The number of thiophene rings is 2. The van der Waals surface area contributed by atoms with E-state index in [0.717, 1.165) is 4.88 Å². The fraction of sp³-hybridized carbons (Fsp3) is 0.200. The van der Waals surface area contributed by atoms with Crippen molar-refractivity contribution in [1.82, 2.24) is 5.32 Å². The van der Waals surface area contributed by atoms with E-state index in [1.807, 2.05) is 12.3 Å². The van der Waals surface area contributed by atoms with Crippen molar-refractivity contribution < 1.29 is 8.78 Å². The Labute approximate surface area is 137 Å². The largest absolute Gasteiger partial charge is 0.306 e. The quantitative estimate of drug-likeness (QED) is 0.565. The van der Waals surface area contributed by atoms with Gasteiger partial charge in [-0.2, -0.15) is 0 Å². The van der Waals surface area contributed by atoms with Crippen LogP contribution in [0.3, 0.4) is 0 Å². The van der Waals surface area contributed by atoms with Gasteiger partial charge in [0.2, 0.25) is 0 Å². The molecule has 21 heavy (non-hydrogen) atoms. The summed E-state index contributed by atoms with van der Waals surface area (Å²) < 4.78 is 30.5. The summed E-state index contributed by atoms with van der Waals surface area (Å²) in [7, 11) is 0. The van der Waals surface area contributed by atoms with Gasteiger partial charge >= 0.3 is 0 Å². The molecule has 0 aliphatic heterocycles. The zero-order valence-corrected chi connectivity index (χ0v) is 14.3. The Kier molecular flexibility index (Phi) is 4.40. The molecule has 0 amide bonds. The van der Waals surface area contributed by atoms with Gasteiger partial charge in [-0.1, -0.05) is 6.92 Å². The molecule has 0 radical (unpaired) electrons. The van der Waals surface area contributed by atoms with E-state index in [-0.39, 0.29) is 10.5 Å². The van der Waals surface area contributed by atoms with Crippen molar-refractivity contribution in [2.45, 2.75) is 13.0 Å². The van der Waals surface area contributed by atoms with Crippen LogP contribution in [0.1, 0.15) is 23.4 Å². The monoisotopic (exact) mass is 387 g/mol. The summed E-state index contributed by atoms with van der Waals surface area (Å²) in [6.45, 7) is 2.63. The second kappa shape index (κ2) is 6.12. The van der Waals surface area contributed by atoms with Crippen molar-refractivity contribution in [3.05, 3.63) is 56.2 Å². The normalized spacial score (nSPS) is 13.0. The molecular formula is C15H12BrF2NS2. The zero-order valence-electron chi connectivity index (χ0n) is 11.1. The van der Waals surface area contributed by atoms with E-state index >= 15 is 0 Å². The number of nitrogens with one attached hydrogen (secondary N) is 1. The summed E-state index contributed by atoms with van der Waals surface area (Å²) in [4.78, 5) is 0.999. The Bertz CT molecular complexity index is 753. The van der Waals surface area contributed by atoms with Crippen LogP contribution >= 0.6 is 38.6 Å². The maximum absolute atomic E-state index is 14.2. The van der Waals surface area contributed by atoms with E-state index in [2.05, 4.69) is 33.4 Å². The molecule has 1 atom stereocenters. The topological polar surface area (TPSA) is 12.0 Å². The van der Waals surface area contributed by atoms with Gasteiger partial charge in [0.15, 0.2) is 0 Å². The number of hydrogen-bond acceptors (Lipinski definition) is 3. The molecule has 1 aromatic carbocycles. The standard InChI is InChI=1S/C15H12BrF2NS2/c1-2-19-15(8-5-11(18)9(16)6-10(8)17)14-7-13-12(21-14)3-4-20-13/h3-7,15,19H,2H2,1H3. The molecular weight excluding hydrogens is 376 g/mol. The summed E-state index contributed by atoms with van der Waals surface area (Å²) in [6.07, 6.45) is 0. The smallest absolute Gasteiger partial charge is 0.137 e. The fourth-order valence-electron chi connectivity index (χ4n) is 2.25. The lowest BCUT2D eigenvalue weighted by Crippen LogP contribution is -2.22. The van der Waals surface area contributed by atoms with Crippen LogP contribution in [0.15, 0.2) is 34.1 Å². The van der Waals surface area contributed by atoms with Crippen molar-refractivity contribution >= 4 is 48.0 Å². The molecule has 0 spiro atoms. The molecule has 1 nitrogen and oxygen atoms in total. The number of benzene rings is 1. The molecule has 0 aliphatic rings. The molecule has 0 saturated heterocycles. The van der Waals surface area contributed by atoms with Crippen molar-refractivity contribution in [2.24, 2.45) is 0 Å². The van der Waals surface area contributed by atoms with Crippen molar-refractivity contribution in [3.63, 3.8) is 0 Å². The minimum absolute atomic E-state index is 0.145. The predicted octanol–water partition coefficient (Wildman–Crippen LogP) is 5.70. The average Bonchev–Trinajstić information content (AvgIpc) is 3.01. The van der Waals surface area contributed by atoms with E-state index < -0.39 is 11.6 Å². The van der Waals surface area contributed by atoms with E-state index in [1.165, 1.54) is 21.5 Å². The van der Waals surface area contributed by atoms with Gasteiger partial charge in [-0.25, -0.2) is 8.78 Å². The molecule has 1 unspecified atom stereocenters. The van der Waals surface area contributed by atoms with Crippen LogP contribution in [0, 0.1) is 11.6 Å². The van der Waals surface area contributed by atoms with Crippen LogP contribution in [-0.4, -0.2) is 6.54 Å². The molecule has 2 aromatic heterocycles. The molecule has 0 saturated carbocycles. The van der Waals surface area contributed by atoms with Crippen LogP contribution in [0.2, 0.25) is 0 Å². The third kappa shape index (κ3) is 2.90. The fourth-order valence-corrected chi connectivity index (χ4v) is 4.78. The zero-order chi connectivity index (χ0) is 15.0. The van der Waals surface area contributed by atoms with Gasteiger partial charge in [-0.05, 0) is 52.1 Å². The first-order chi connectivity index (χ1) is 10.1. The second-order valence-electron chi connectivity index (χ2n) is 4.58. The van der Waals surface area contributed by atoms with Crippen LogP contribution in [0.5, 0.6) is 0 Å². The first kappa shape index (κ1) is 15.1. The Morgan fingerprint density at radius 2 is 2.00 bits per heavy atom. The highest BCUT2D eigenvalue weighted by Crippen LogP contribution is 2.37. The van der Waals surface area contributed by atoms with Crippen molar-refractivity contribution in [3.8, 4) is 0 Å². The van der Waals surface area contributed by atoms with Gasteiger partial charge in [-0.15, -0.1) is 22.7 Å². The maximum atomic E-state index is 14.2. The minimum Gasteiger partial charge on any atom is -0.306 e. The van der Waals surface area contributed by atoms with E-state index in [1.54, 1.807) is 22.7 Å². The first-order valence-electron chi connectivity index (χ1n) is 6.45. The number of hydrogen-bond donors (Lipinski definition) is 1. The minimum atomic E-state index is -0.451. The summed E-state index contributed by atoms with van der Waals surface area (Å²) in [5.41, 5.74) is 0.339. The lowest BCUT2D eigenvalue weighted by atomic mass is 10.0. The molecule has 2 heterocycles. The molecule has 1 N–H and O–H groups in total. The molecule has 3 rings (SSSR count). The van der Waals surface area contributed by atoms with Crippen LogP contribution in [0.25, 0.3) is 9.40 Å². The van der Waals surface area contributed by atoms with Gasteiger partial charge in [-0.3, -0.25) is 0 Å². The Morgan fingerprint density at radius 3 is 2.71 bits per heavy atom. The van der Waals surface area contributed by atoms with E-state index in [0.29, 0.717) is 12.1 Å². The Hall–Kier alpha value is -0.820. The molecule has 0 bridgehead atoms. The lowest BCUT2D eigenvalue weighted by molar-refractivity contribution is 0.545. The summed E-state index contributed by atoms with van der Waals surface area (Å²) in [5.74, 6) is -0.862. The Morgan fingerprint density at radius 1 is 1.19 bits per heavy atom. The van der Waals surface area contributed by atoms with E-state index in [9.17, 15) is 8.78 Å². The van der Waals surface area contributed by atoms with Gasteiger partial charge < -0.3 is 5.32 Å². The molecule has 0 aliphatic carbocycles. The number of halogens is 3. The SMILES string of the molecule is CCNC(c1cc2sccc2s1)c1cc(F)c(Br)cc1F. The van der Waals surface area contributed by atoms with Crippen LogP contribution in [0.4, 0.5) is 8.78 Å². The average molecular weight is 388 g/mol. The van der Waals surface area contributed by atoms with Crippen LogP contribution < -0.4 is 5.32 Å². The molecule has 0 fully saturated rings. The molecule has 3 aromatic rings. The highest BCUT2D eigenvalue weighted by Gasteiger charge is 2.21. The van der Waals surface area contributed by atoms with Gasteiger partial charge in [0.05, 0.1) is 10.5 Å². The highest BCUT2D eigenvalue weighted by atomic mass is 79.9.